The number of likely N-dealkylation sites (N-methyl/N-ethyl adjacent to an activating group) is 1. The quantitative estimate of drug-likeness (QED) is 0.877. The van der Waals surface area contributed by atoms with Crippen LogP contribution in [0.2, 0.25) is 0 Å². The van der Waals surface area contributed by atoms with Gasteiger partial charge in [0.15, 0.2) is 0 Å². The van der Waals surface area contributed by atoms with Crippen molar-refractivity contribution in [1.29, 1.82) is 0 Å². The zero-order valence-electron chi connectivity index (χ0n) is 9.82. The molecule has 17 heavy (non-hydrogen) atoms. The molecule has 1 aromatic heterocycles. The number of halogens is 1. The van der Waals surface area contributed by atoms with Crippen molar-refractivity contribution in [1.82, 2.24) is 9.88 Å². The van der Waals surface area contributed by atoms with Crippen molar-refractivity contribution < 1.29 is 4.74 Å². The molecule has 1 fully saturated rings. The van der Waals surface area contributed by atoms with E-state index < -0.39 is 0 Å². The summed E-state index contributed by atoms with van der Waals surface area (Å²) >= 11 is 3.33. The Hall–Kier alpha value is -0.850. The third-order valence-electron chi connectivity index (χ3n) is 2.72. The molecule has 1 aliphatic heterocycles. The maximum absolute atomic E-state index is 5.86. The van der Waals surface area contributed by atoms with Crippen LogP contribution >= 0.6 is 15.9 Å². The van der Waals surface area contributed by atoms with Gasteiger partial charge in [-0.2, -0.15) is 0 Å². The minimum atomic E-state index is 0.193. The van der Waals surface area contributed by atoms with Gasteiger partial charge in [0.1, 0.15) is 5.82 Å². The number of nitrogen functional groups attached to an aromatic ring is 1. The number of pyridine rings is 1. The standard InChI is InChI=1S/C11H17BrN4O/c1-16-2-3-17-9(7-16)6-15-11-10(13)4-8(12)5-14-11/h4-5,9H,2-3,6-7,13H2,1H3,(H,14,15). The van der Waals surface area contributed by atoms with Crippen LogP contribution < -0.4 is 11.1 Å². The van der Waals surface area contributed by atoms with E-state index in [9.17, 15) is 0 Å². The highest BCUT2D eigenvalue weighted by atomic mass is 79.9. The molecule has 1 atom stereocenters. The van der Waals surface area contributed by atoms with Crippen molar-refractivity contribution >= 4 is 27.4 Å². The van der Waals surface area contributed by atoms with E-state index in [1.54, 1.807) is 6.20 Å². The molecule has 3 N–H and O–H groups in total. The third-order valence-corrected chi connectivity index (χ3v) is 3.16. The molecular weight excluding hydrogens is 284 g/mol. The molecule has 0 spiro atoms. The predicted molar refractivity (Wildman–Crippen MR) is 72.1 cm³/mol. The molecule has 1 unspecified atom stereocenters. The molecule has 5 nitrogen and oxygen atoms in total. The Balaban J connectivity index is 1.88. The summed E-state index contributed by atoms with van der Waals surface area (Å²) in [6, 6.07) is 1.84. The lowest BCUT2D eigenvalue weighted by Crippen LogP contribution is -2.43. The van der Waals surface area contributed by atoms with Crippen molar-refractivity contribution in [3.63, 3.8) is 0 Å². The number of anilines is 2. The number of hydrogen-bond donors (Lipinski definition) is 2. The maximum atomic E-state index is 5.86. The van der Waals surface area contributed by atoms with E-state index in [1.165, 1.54) is 0 Å². The van der Waals surface area contributed by atoms with Gasteiger partial charge in [-0.3, -0.25) is 0 Å². The monoisotopic (exact) mass is 300 g/mol. The summed E-state index contributed by atoms with van der Waals surface area (Å²) in [6.07, 6.45) is 1.92. The second-order valence-electron chi connectivity index (χ2n) is 4.23. The summed E-state index contributed by atoms with van der Waals surface area (Å²) in [5, 5.41) is 3.22. The highest BCUT2D eigenvalue weighted by molar-refractivity contribution is 9.10. The zero-order chi connectivity index (χ0) is 12.3. The van der Waals surface area contributed by atoms with Gasteiger partial charge < -0.3 is 20.7 Å². The molecule has 6 heteroatoms. The Morgan fingerprint density at radius 1 is 1.71 bits per heavy atom. The van der Waals surface area contributed by atoms with Crippen molar-refractivity contribution in [3.05, 3.63) is 16.7 Å². The second-order valence-corrected chi connectivity index (χ2v) is 5.14. The molecule has 2 heterocycles. The van der Waals surface area contributed by atoms with E-state index >= 15 is 0 Å². The van der Waals surface area contributed by atoms with Crippen LogP contribution in [0.5, 0.6) is 0 Å². The van der Waals surface area contributed by atoms with E-state index in [1.807, 2.05) is 6.07 Å². The van der Waals surface area contributed by atoms with Gasteiger partial charge in [0, 0.05) is 30.3 Å². The van der Waals surface area contributed by atoms with E-state index in [0.717, 1.165) is 30.7 Å². The van der Waals surface area contributed by atoms with Crippen molar-refractivity contribution in [2.45, 2.75) is 6.10 Å². The molecule has 0 saturated carbocycles. The molecule has 1 aromatic rings. The van der Waals surface area contributed by atoms with Gasteiger partial charge in [-0.15, -0.1) is 0 Å². The highest BCUT2D eigenvalue weighted by Gasteiger charge is 2.17. The molecular formula is C11H17BrN4O. The largest absolute Gasteiger partial charge is 0.396 e. The molecule has 1 saturated heterocycles. The molecule has 1 aliphatic rings. The van der Waals surface area contributed by atoms with Crippen LogP contribution in [0.15, 0.2) is 16.7 Å². The lowest BCUT2D eigenvalue weighted by molar-refractivity contribution is -0.0117. The van der Waals surface area contributed by atoms with Gasteiger partial charge in [-0.1, -0.05) is 0 Å². The molecule has 94 valence electrons. The topological polar surface area (TPSA) is 63.4 Å². The zero-order valence-corrected chi connectivity index (χ0v) is 11.4. The van der Waals surface area contributed by atoms with Crippen LogP contribution in [-0.4, -0.2) is 49.3 Å². The number of nitrogens with one attached hydrogen (secondary N) is 1. The minimum absolute atomic E-state index is 0.193. The van der Waals surface area contributed by atoms with Gasteiger partial charge in [0.05, 0.1) is 18.4 Å². The van der Waals surface area contributed by atoms with E-state index in [2.05, 4.69) is 38.2 Å². The summed E-state index contributed by atoms with van der Waals surface area (Å²) < 4.78 is 6.54. The molecule has 0 aliphatic carbocycles. The van der Waals surface area contributed by atoms with Crippen molar-refractivity contribution in [2.24, 2.45) is 0 Å². The number of aromatic nitrogens is 1. The van der Waals surface area contributed by atoms with E-state index in [4.69, 9.17) is 10.5 Å². The summed E-state index contributed by atoms with van der Waals surface area (Å²) in [5.74, 6) is 0.713. The first-order valence-corrected chi connectivity index (χ1v) is 6.39. The maximum Gasteiger partial charge on any atom is 0.149 e. The molecule has 2 rings (SSSR count). The van der Waals surface area contributed by atoms with Crippen LogP contribution in [0.3, 0.4) is 0 Å². The Kier molecular flexibility index (Phi) is 4.20. The van der Waals surface area contributed by atoms with Gasteiger partial charge in [-0.05, 0) is 29.0 Å². The fraction of sp³-hybridized carbons (Fsp3) is 0.545. The first-order valence-electron chi connectivity index (χ1n) is 5.60. The molecule has 0 aromatic carbocycles. The Labute approximate surface area is 109 Å². The van der Waals surface area contributed by atoms with E-state index in [-0.39, 0.29) is 6.10 Å². The molecule has 0 radical (unpaired) electrons. The van der Waals surface area contributed by atoms with Crippen LogP contribution in [0.25, 0.3) is 0 Å². The first kappa shape index (κ1) is 12.6. The lowest BCUT2D eigenvalue weighted by atomic mass is 10.3. The molecule has 0 bridgehead atoms. The fourth-order valence-corrected chi connectivity index (χ4v) is 2.15. The Morgan fingerprint density at radius 2 is 2.53 bits per heavy atom. The Bertz CT molecular complexity index is 388. The number of hydrogen-bond acceptors (Lipinski definition) is 5. The first-order chi connectivity index (χ1) is 8.15. The number of morpholine rings is 1. The number of nitrogens with two attached hydrogens (primary N) is 1. The number of ether oxygens (including phenoxy) is 1. The van der Waals surface area contributed by atoms with Crippen LogP contribution in [0, 0.1) is 0 Å². The Morgan fingerprint density at radius 3 is 3.24 bits per heavy atom. The third kappa shape index (κ3) is 3.55. The number of rotatable bonds is 3. The second kappa shape index (κ2) is 5.66. The SMILES string of the molecule is CN1CCOC(CNc2ncc(Br)cc2N)C1. The van der Waals surface area contributed by atoms with Crippen molar-refractivity contribution in [2.75, 3.05) is 44.3 Å². The van der Waals surface area contributed by atoms with Gasteiger partial charge >= 0.3 is 0 Å². The number of nitrogens with zero attached hydrogens (tertiary/aromatic N) is 2. The summed E-state index contributed by atoms with van der Waals surface area (Å²) in [4.78, 5) is 6.49. The van der Waals surface area contributed by atoms with Gasteiger partial charge in [-0.25, -0.2) is 4.98 Å². The van der Waals surface area contributed by atoms with Gasteiger partial charge in [0.2, 0.25) is 0 Å². The van der Waals surface area contributed by atoms with Crippen LogP contribution in [0.1, 0.15) is 0 Å². The summed E-state index contributed by atoms with van der Waals surface area (Å²) in [6.45, 7) is 3.44. The highest BCUT2D eigenvalue weighted by Crippen LogP contribution is 2.19. The lowest BCUT2D eigenvalue weighted by Gasteiger charge is -2.30. The van der Waals surface area contributed by atoms with Crippen molar-refractivity contribution in [3.8, 4) is 0 Å². The predicted octanol–water partition coefficient (Wildman–Crippen LogP) is 1.17. The summed E-state index contributed by atoms with van der Waals surface area (Å²) in [7, 11) is 2.10. The smallest absolute Gasteiger partial charge is 0.149 e. The fourth-order valence-electron chi connectivity index (χ4n) is 1.80. The van der Waals surface area contributed by atoms with Crippen LogP contribution in [-0.2, 0) is 4.74 Å². The van der Waals surface area contributed by atoms with E-state index in [0.29, 0.717) is 11.5 Å². The van der Waals surface area contributed by atoms with Gasteiger partial charge in [0.25, 0.3) is 0 Å². The normalized spacial score (nSPS) is 21.4. The average molecular weight is 301 g/mol. The molecule has 0 amide bonds. The summed E-state index contributed by atoms with van der Waals surface area (Å²) in [5.41, 5.74) is 6.50. The van der Waals surface area contributed by atoms with Crippen LogP contribution in [0.4, 0.5) is 11.5 Å². The average Bonchev–Trinajstić information content (AvgIpc) is 2.28. The minimum Gasteiger partial charge on any atom is -0.396 e.